The Balaban J connectivity index is 1.71. The van der Waals surface area contributed by atoms with Gasteiger partial charge in [-0.3, -0.25) is 4.79 Å². The number of terminal acetylenes is 1. The number of amides is 1. The molecule has 3 aromatic rings. The first kappa shape index (κ1) is 19.4. The van der Waals surface area contributed by atoms with Crippen LogP contribution in [0.4, 0.5) is 5.82 Å². The average Bonchev–Trinajstić information content (AvgIpc) is 3.10. The number of nitrogens with one attached hydrogen (secondary N) is 1. The second-order valence-electron chi connectivity index (χ2n) is 7.08. The van der Waals surface area contributed by atoms with Crippen molar-refractivity contribution in [1.29, 1.82) is 0 Å². The third-order valence-corrected chi connectivity index (χ3v) is 4.69. The van der Waals surface area contributed by atoms with E-state index < -0.39 is 0 Å². The van der Waals surface area contributed by atoms with Gasteiger partial charge in [-0.15, -0.1) is 6.42 Å². The van der Waals surface area contributed by atoms with Crippen LogP contribution in [-0.4, -0.2) is 15.5 Å². The summed E-state index contributed by atoms with van der Waals surface area (Å²) in [5, 5.41) is 3.01. The molecule has 28 heavy (non-hydrogen) atoms. The van der Waals surface area contributed by atoms with Crippen LogP contribution < -0.4 is 5.32 Å². The minimum Gasteiger partial charge on any atom is -0.310 e. The van der Waals surface area contributed by atoms with Crippen molar-refractivity contribution in [2.45, 2.75) is 39.2 Å². The van der Waals surface area contributed by atoms with E-state index >= 15 is 0 Å². The van der Waals surface area contributed by atoms with E-state index in [-0.39, 0.29) is 5.91 Å². The van der Waals surface area contributed by atoms with Crippen LogP contribution in [-0.2, 0) is 17.8 Å². The van der Waals surface area contributed by atoms with E-state index in [2.05, 4.69) is 54.3 Å². The number of benzene rings is 2. The summed E-state index contributed by atoms with van der Waals surface area (Å²) in [5.41, 5.74) is 4.13. The van der Waals surface area contributed by atoms with Gasteiger partial charge in [-0.25, -0.2) is 4.98 Å². The van der Waals surface area contributed by atoms with E-state index in [4.69, 9.17) is 6.42 Å². The molecule has 1 aromatic heterocycles. The number of carbonyl (C=O) groups excluding carboxylic acids is 1. The fraction of sp³-hybridized carbons (Fsp3) is 0.250. The summed E-state index contributed by atoms with van der Waals surface area (Å²) in [6.45, 7) is 4.70. The average molecular weight is 371 g/mol. The van der Waals surface area contributed by atoms with Crippen molar-refractivity contribution < 1.29 is 4.79 Å². The number of imidazole rings is 1. The molecule has 0 saturated heterocycles. The predicted molar refractivity (Wildman–Crippen MR) is 114 cm³/mol. The Morgan fingerprint density at radius 1 is 1.14 bits per heavy atom. The van der Waals surface area contributed by atoms with Gasteiger partial charge in [0.2, 0.25) is 5.91 Å². The Morgan fingerprint density at radius 3 is 2.50 bits per heavy atom. The van der Waals surface area contributed by atoms with Gasteiger partial charge in [-0.1, -0.05) is 74.4 Å². The molecule has 0 saturated carbocycles. The summed E-state index contributed by atoms with van der Waals surface area (Å²) in [5.74, 6) is 3.70. The predicted octanol–water partition coefficient (Wildman–Crippen LogP) is 4.88. The van der Waals surface area contributed by atoms with E-state index in [1.165, 1.54) is 5.56 Å². The van der Waals surface area contributed by atoms with E-state index in [9.17, 15) is 4.79 Å². The Kier molecular flexibility index (Phi) is 6.29. The third-order valence-electron chi connectivity index (χ3n) is 4.69. The van der Waals surface area contributed by atoms with Crippen molar-refractivity contribution in [3.8, 4) is 23.6 Å². The van der Waals surface area contributed by atoms with Gasteiger partial charge in [0.05, 0.1) is 12.9 Å². The summed E-state index contributed by atoms with van der Waals surface area (Å²) in [4.78, 5) is 17.1. The lowest BCUT2D eigenvalue weighted by Crippen LogP contribution is -2.16. The van der Waals surface area contributed by atoms with E-state index in [0.717, 1.165) is 16.8 Å². The molecule has 2 aromatic carbocycles. The molecule has 1 heterocycles. The molecule has 0 aliphatic heterocycles. The number of nitrogens with zero attached hydrogens (tertiary/aromatic N) is 2. The van der Waals surface area contributed by atoms with Gasteiger partial charge in [0.25, 0.3) is 0 Å². The van der Waals surface area contributed by atoms with Gasteiger partial charge < -0.3 is 9.88 Å². The van der Waals surface area contributed by atoms with Crippen LogP contribution in [0.25, 0.3) is 11.3 Å². The highest BCUT2D eigenvalue weighted by Crippen LogP contribution is 2.26. The number of aromatic nitrogens is 2. The van der Waals surface area contributed by atoms with Crippen molar-refractivity contribution in [3.05, 3.63) is 72.1 Å². The summed E-state index contributed by atoms with van der Waals surface area (Å²) in [6.07, 6.45) is 8.22. The highest BCUT2D eigenvalue weighted by Gasteiger charge is 2.15. The molecule has 0 fully saturated rings. The van der Waals surface area contributed by atoms with Crippen molar-refractivity contribution in [1.82, 2.24) is 9.55 Å². The SMILES string of the molecule is C#CCn1cnc(-c2ccccc2)c1NC(=O)CCc1ccc(C(C)C)cc1. The molecule has 0 aliphatic rings. The van der Waals surface area contributed by atoms with Crippen LogP contribution >= 0.6 is 0 Å². The fourth-order valence-corrected chi connectivity index (χ4v) is 3.06. The molecule has 3 rings (SSSR count). The minimum atomic E-state index is -0.0520. The van der Waals surface area contributed by atoms with Gasteiger partial charge >= 0.3 is 0 Å². The molecular weight excluding hydrogens is 346 g/mol. The number of anilines is 1. The second kappa shape index (κ2) is 9.05. The molecule has 0 atom stereocenters. The fourth-order valence-electron chi connectivity index (χ4n) is 3.06. The summed E-state index contributed by atoms with van der Waals surface area (Å²) in [6, 6.07) is 18.2. The molecule has 4 nitrogen and oxygen atoms in total. The van der Waals surface area contributed by atoms with E-state index in [0.29, 0.717) is 31.1 Å². The molecule has 142 valence electrons. The lowest BCUT2D eigenvalue weighted by Gasteiger charge is -2.11. The molecule has 4 heteroatoms. The smallest absolute Gasteiger partial charge is 0.225 e. The molecule has 0 unspecified atom stereocenters. The second-order valence-corrected chi connectivity index (χ2v) is 7.08. The molecule has 1 N–H and O–H groups in total. The van der Waals surface area contributed by atoms with Crippen LogP contribution in [0.2, 0.25) is 0 Å². The van der Waals surface area contributed by atoms with E-state index in [1.807, 2.05) is 30.3 Å². The van der Waals surface area contributed by atoms with Crippen molar-refractivity contribution >= 4 is 11.7 Å². The standard InChI is InChI=1S/C24H25N3O/c1-4-16-27-17-25-23(21-8-6-5-7-9-21)24(27)26-22(28)15-12-19-10-13-20(14-11-19)18(2)3/h1,5-11,13-14,17-18H,12,15-16H2,2-3H3,(H,26,28). The lowest BCUT2D eigenvalue weighted by molar-refractivity contribution is -0.116. The Hall–Kier alpha value is -3.32. The Bertz CT molecular complexity index is 963. The molecule has 0 spiro atoms. The zero-order valence-electron chi connectivity index (χ0n) is 16.4. The number of rotatable bonds is 7. The largest absolute Gasteiger partial charge is 0.310 e. The highest BCUT2D eigenvalue weighted by atomic mass is 16.1. The van der Waals surface area contributed by atoms with E-state index in [1.54, 1.807) is 10.9 Å². The van der Waals surface area contributed by atoms with Crippen LogP contribution in [0.5, 0.6) is 0 Å². The van der Waals surface area contributed by atoms with Gasteiger partial charge in [-0.05, 0) is 23.5 Å². The van der Waals surface area contributed by atoms with Crippen LogP contribution in [0.3, 0.4) is 0 Å². The number of hydrogen-bond donors (Lipinski definition) is 1. The van der Waals surface area contributed by atoms with Gasteiger partial charge in [0.1, 0.15) is 11.5 Å². The summed E-state index contributed by atoms with van der Waals surface area (Å²) < 4.78 is 1.79. The Labute approximate surface area is 166 Å². The summed E-state index contributed by atoms with van der Waals surface area (Å²) in [7, 11) is 0. The lowest BCUT2D eigenvalue weighted by atomic mass is 10.0. The van der Waals surface area contributed by atoms with Crippen LogP contribution in [0.1, 0.15) is 37.3 Å². The zero-order valence-corrected chi connectivity index (χ0v) is 16.4. The topological polar surface area (TPSA) is 46.9 Å². The highest BCUT2D eigenvalue weighted by molar-refractivity contribution is 5.93. The number of hydrogen-bond acceptors (Lipinski definition) is 2. The molecule has 0 aliphatic carbocycles. The number of aryl methyl sites for hydroxylation is 1. The minimum absolute atomic E-state index is 0.0520. The van der Waals surface area contributed by atoms with Gasteiger partial charge in [-0.2, -0.15) is 0 Å². The molecular formula is C24H25N3O. The van der Waals surface area contributed by atoms with Gasteiger partial charge in [0.15, 0.2) is 0 Å². The first-order valence-electron chi connectivity index (χ1n) is 9.51. The van der Waals surface area contributed by atoms with Crippen molar-refractivity contribution in [2.75, 3.05) is 5.32 Å². The van der Waals surface area contributed by atoms with Crippen molar-refractivity contribution in [2.24, 2.45) is 0 Å². The Morgan fingerprint density at radius 2 is 1.86 bits per heavy atom. The maximum atomic E-state index is 12.6. The maximum Gasteiger partial charge on any atom is 0.225 e. The maximum absolute atomic E-state index is 12.6. The number of carbonyl (C=O) groups is 1. The molecule has 0 radical (unpaired) electrons. The molecule has 1 amide bonds. The van der Waals surface area contributed by atoms with Crippen LogP contribution in [0.15, 0.2) is 60.9 Å². The quantitative estimate of drug-likeness (QED) is 0.602. The normalized spacial score (nSPS) is 10.6. The van der Waals surface area contributed by atoms with Gasteiger partial charge in [0, 0.05) is 12.0 Å². The first-order valence-corrected chi connectivity index (χ1v) is 9.51. The zero-order chi connectivity index (χ0) is 19.9. The van der Waals surface area contributed by atoms with Crippen LogP contribution in [0, 0.1) is 12.3 Å². The third kappa shape index (κ3) is 4.69. The molecule has 0 bridgehead atoms. The first-order chi connectivity index (χ1) is 13.6. The monoisotopic (exact) mass is 371 g/mol. The summed E-state index contributed by atoms with van der Waals surface area (Å²) >= 11 is 0. The van der Waals surface area contributed by atoms with Crippen molar-refractivity contribution in [3.63, 3.8) is 0 Å².